The molecule has 0 bridgehead atoms. The van der Waals surface area contributed by atoms with Crippen molar-refractivity contribution in [2.45, 2.75) is 19.9 Å². The van der Waals surface area contributed by atoms with Crippen LogP contribution in [0.25, 0.3) is 0 Å². The molecule has 0 saturated heterocycles. The monoisotopic (exact) mass is 318 g/mol. The summed E-state index contributed by atoms with van der Waals surface area (Å²) in [6, 6.07) is 6.64. The Hall–Kier alpha value is -2.02. The van der Waals surface area contributed by atoms with Gasteiger partial charge in [0.05, 0.1) is 0 Å². The average Bonchev–Trinajstić information content (AvgIpc) is 2.35. The maximum absolute atomic E-state index is 12.0. The van der Waals surface area contributed by atoms with Crippen molar-refractivity contribution in [2.24, 2.45) is 0 Å². The Morgan fingerprint density at radius 2 is 1.71 bits per heavy atom. The van der Waals surface area contributed by atoms with E-state index >= 15 is 0 Å². The highest BCUT2D eigenvalue weighted by atomic mass is 35.5. The van der Waals surface area contributed by atoms with Crippen molar-refractivity contribution in [3.05, 3.63) is 47.0 Å². The van der Waals surface area contributed by atoms with Crippen LogP contribution in [0.2, 0.25) is 5.15 Å². The lowest BCUT2D eigenvalue weighted by atomic mass is 10.3. The minimum absolute atomic E-state index is 0.0564. The third kappa shape index (κ3) is 5.11. The first kappa shape index (κ1) is 15.4. The van der Waals surface area contributed by atoms with Crippen molar-refractivity contribution in [3.8, 4) is 11.5 Å². The Balaban J connectivity index is 1.97. The summed E-state index contributed by atoms with van der Waals surface area (Å²) in [6.07, 6.45) is -4.71. The molecule has 8 heteroatoms. The lowest BCUT2D eigenvalue weighted by molar-refractivity contribution is -0.274. The molecule has 0 N–H and O–H groups in total. The van der Waals surface area contributed by atoms with Crippen LogP contribution in [0.4, 0.5) is 13.2 Å². The fourth-order valence-corrected chi connectivity index (χ4v) is 1.79. The highest BCUT2D eigenvalue weighted by Gasteiger charge is 2.30. The second kappa shape index (κ2) is 6.17. The molecule has 0 fully saturated rings. The van der Waals surface area contributed by atoms with Crippen LogP contribution in [-0.4, -0.2) is 16.3 Å². The van der Waals surface area contributed by atoms with Crippen molar-refractivity contribution < 1.29 is 22.6 Å². The third-order valence-electron chi connectivity index (χ3n) is 2.29. The zero-order valence-electron chi connectivity index (χ0n) is 10.8. The molecule has 0 spiro atoms. The van der Waals surface area contributed by atoms with E-state index in [-0.39, 0.29) is 12.4 Å². The van der Waals surface area contributed by atoms with Gasteiger partial charge in [-0.05, 0) is 37.3 Å². The van der Waals surface area contributed by atoms with Gasteiger partial charge in [0.1, 0.15) is 23.3 Å². The average molecular weight is 319 g/mol. The molecule has 1 aromatic carbocycles. The van der Waals surface area contributed by atoms with E-state index in [0.717, 1.165) is 12.1 Å². The molecular weight excluding hydrogens is 309 g/mol. The molecule has 1 aromatic heterocycles. The van der Waals surface area contributed by atoms with Crippen molar-refractivity contribution in [1.29, 1.82) is 0 Å². The normalized spacial score (nSPS) is 11.3. The number of benzene rings is 1. The number of rotatable bonds is 4. The van der Waals surface area contributed by atoms with Gasteiger partial charge in [-0.2, -0.15) is 0 Å². The van der Waals surface area contributed by atoms with Crippen LogP contribution in [0.1, 0.15) is 11.5 Å². The minimum atomic E-state index is -4.71. The molecule has 4 nitrogen and oxygen atoms in total. The second-order valence-electron chi connectivity index (χ2n) is 4.06. The smallest absolute Gasteiger partial charge is 0.486 e. The Morgan fingerprint density at radius 1 is 1.10 bits per heavy atom. The largest absolute Gasteiger partial charge is 0.573 e. The van der Waals surface area contributed by atoms with Gasteiger partial charge in [-0.15, -0.1) is 13.2 Å². The first-order chi connectivity index (χ1) is 9.82. The van der Waals surface area contributed by atoms with E-state index in [1.54, 1.807) is 13.0 Å². The topological polar surface area (TPSA) is 44.2 Å². The van der Waals surface area contributed by atoms with Crippen LogP contribution in [0.5, 0.6) is 11.5 Å². The molecule has 112 valence electrons. The fraction of sp³-hybridized carbons (Fsp3) is 0.231. The molecule has 21 heavy (non-hydrogen) atoms. The van der Waals surface area contributed by atoms with Gasteiger partial charge >= 0.3 is 6.36 Å². The van der Waals surface area contributed by atoms with E-state index in [0.29, 0.717) is 22.4 Å². The second-order valence-corrected chi connectivity index (χ2v) is 4.44. The lowest BCUT2D eigenvalue weighted by Crippen LogP contribution is -2.16. The van der Waals surface area contributed by atoms with Gasteiger partial charge in [0.25, 0.3) is 0 Å². The molecule has 0 atom stereocenters. The molecule has 2 rings (SSSR count). The predicted molar refractivity (Wildman–Crippen MR) is 69.2 cm³/mol. The third-order valence-corrected chi connectivity index (χ3v) is 2.49. The van der Waals surface area contributed by atoms with Gasteiger partial charge in [-0.25, -0.2) is 9.97 Å². The molecule has 2 aromatic rings. The van der Waals surface area contributed by atoms with Crippen molar-refractivity contribution >= 4 is 11.6 Å². The number of hydrogen-bond acceptors (Lipinski definition) is 4. The standard InChI is InChI=1S/C13H10ClF3N2O2/c1-8-6-11(14)19-12(18-8)7-20-9-2-4-10(5-3-9)21-13(15,16)17/h2-6H,7H2,1H3. The SMILES string of the molecule is Cc1cc(Cl)nc(COc2ccc(OC(F)(F)F)cc2)n1. The quantitative estimate of drug-likeness (QED) is 0.802. The summed E-state index contributed by atoms with van der Waals surface area (Å²) in [4.78, 5) is 8.09. The van der Waals surface area contributed by atoms with E-state index in [2.05, 4.69) is 14.7 Å². The molecule has 0 amide bonds. The fourth-order valence-electron chi connectivity index (χ4n) is 1.54. The Labute approximate surface area is 123 Å². The Bertz CT molecular complexity index is 598. The molecule has 0 aliphatic heterocycles. The van der Waals surface area contributed by atoms with Crippen molar-refractivity contribution in [2.75, 3.05) is 0 Å². The summed E-state index contributed by atoms with van der Waals surface area (Å²) in [5.74, 6) is 0.436. The summed E-state index contributed by atoms with van der Waals surface area (Å²) < 4.78 is 45.1. The van der Waals surface area contributed by atoms with E-state index in [1.165, 1.54) is 12.1 Å². The van der Waals surface area contributed by atoms with Gasteiger partial charge in [0.2, 0.25) is 0 Å². The number of nitrogens with zero attached hydrogens (tertiary/aromatic N) is 2. The van der Waals surface area contributed by atoms with Gasteiger partial charge in [0.15, 0.2) is 5.82 Å². The maximum Gasteiger partial charge on any atom is 0.573 e. The molecule has 0 radical (unpaired) electrons. The first-order valence-electron chi connectivity index (χ1n) is 5.80. The highest BCUT2D eigenvalue weighted by Crippen LogP contribution is 2.24. The number of halogens is 4. The molecule has 0 aliphatic carbocycles. The number of aryl methyl sites for hydroxylation is 1. The number of alkyl halides is 3. The Kier molecular flexibility index (Phi) is 4.52. The van der Waals surface area contributed by atoms with Crippen molar-refractivity contribution in [1.82, 2.24) is 9.97 Å². The van der Waals surface area contributed by atoms with Gasteiger partial charge in [0, 0.05) is 5.69 Å². The van der Waals surface area contributed by atoms with Crippen LogP contribution in [0.3, 0.4) is 0 Å². The number of ether oxygens (including phenoxy) is 2. The Morgan fingerprint density at radius 3 is 2.29 bits per heavy atom. The molecule has 0 aliphatic rings. The minimum Gasteiger partial charge on any atom is -0.486 e. The molecule has 0 saturated carbocycles. The van der Waals surface area contributed by atoms with Crippen LogP contribution < -0.4 is 9.47 Å². The summed E-state index contributed by atoms with van der Waals surface area (Å²) in [6.45, 7) is 1.82. The maximum atomic E-state index is 12.0. The van der Waals surface area contributed by atoms with E-state index in [9.17, 15) is 13.2 Å². The number of hydrogen-bond donors (Lipinski definition) is 0. The van der Waals surface area contributed by atoms with E-state index in [4.69, 9.17) is 16.3 Å². The summed E-state index contributed by atoms with van der Waals surface area (Å²) in [5.41, 5.74) is 0.697. The summed E-state index contributed by atoms with van der Waals surface area (Å²) in [7, 11) is 0. The zero-order valence-corrected chi connectivity index (χ0v) is 11.6. The van der Waals surface area contributed by atoms with Crippen LogP contribution in [0, 0.1) is 6.92 Å². The first-order valence-corrected chi connectivity index (χ1v) is 6.18. The van der Waals surface area contributed by atoms with Gasteiger partial charge < -0.3 is 9.47 Å². The van der Waals surface area contributed by atoms with Crippen molar-refractivity contribution in [3.63, 3.8) is 0 Å². The van der Waals surface area contributed by atoms with Crippen LogP contribution in [-0.2, 0) is 6.61 Å². The zero-order chi connectivity index (χ0) is 15.5. The van der Waals surface area contributed by atoms with Gasteiger partial charge in [-0.1, -0.05) is 11.6 Å². The molecular formula is C13H10ClF3N2O2. The van der Waals surface area contributed by atoms with Gasteiger partial charge in [-0.3, -0.25) is 0 Å². The highest BCUT2D eigenvalue weighted by molar-refractivity contribution is 6.29. The van der Waals surface area contributed by atoms with E-state index in [1.807, 2.05) is 0 Å². The molecule has 0 unspecified atom stereocenters. The van der Waals surface area contributed by atoms with Crippen LogP contribution >= 0.6 is 11.6 Å². The summed E-state index contributed by atoms with van der Waals surface area (Å²) in [5, 5.41) is 0.301. The lowest BCUT2D eigenvalue weighted by Gasteiger charge is -2.10. The van der Waals surface area contributed by atoms with E-state index < -0.39 is 6.36 Å². The van der Waals surface area contributed by atoms with Crippen LogP contribution in [0.15, 0.2) is 30.3 Å². The summed E-state index contributed by atoms with van der Waals surface area (Å²) >= 11 is 5.78. The predicted octanol–water partition coefficient (Wildman–Crippen LogP) is 3.92. The molecule has 1 heterocycles. The number of aromatic nitrogens is 2.